The highest BCUT2D eigenvalue weighted by molar-refractivity contribution is 5.85. The lowest BCUT2D eigenvalue weighted by molar-refractivity contribution is 0.276. The van der Waals surface area contributed by atoms with E-state index in [-0.39, 0.29) is 6.61 Å². The molecule has 0 bridgehead atoms. The monoisotopic (exact) mass is 238 g/mol. The maximum atomic E-state index is 9.19. The molecule has 0 aliphatic heterocycles. The van der Waals surface area contributed by atoms with Gasteiger partial charge in [-0.05, 0) is 13.3 Å². The molecule has 0 saturated heterocycles. The second-order valence-electron chi connectivity index (χ2n) is 3.72. The molecule has 1 rings (SSSR count). The summed E-state index contributed by atoms with van der Waals surface area (Å²) in [7, 11) is 0. The van der Waals surface area contributed by atoms with Crippen molar-refractivity contribution in [1.82, 2.24) is 4.98 Å². The van der Waals surface area contributed by atoms with Crippen LogP contribution in [-0.2, 0) is 6.61 Å². The molecular formula is C12H18N2O3. The Kier molecular flexibility index (Phi) is 5.42. The number of aromatic nitrogens is 1. The normalized spacial score (nSPS) is 11.0. The zero-order valence-electron chi connectivity index (χ0n) is 10.2. The van der Waals surface area contributed by atoms with Crippen LogP contribution in [-0.4, -0.2) is 28.1 Å². The standard InChI is InChI=1S/C12H18N2O3/c1-3-4-5-17-12-9(2)13-6-10(8-15)11(12)7-14-16/h6-7,15-16H,3-5,8H2,1-2H3/b14-7-. The van der Waals surface area contributed by atoms with Crippen molar-refractivity contribution in [3.05, 3.63) is 23.0 Å². The number of unbranched alkanes of at least 4 members (excludes halogenated alkanes) is 1. The van der Waals surface area contributed by atoms with Crippen molar-refractivity contribution in [3.8, 4) is 5.75 Å². The number of ether oxygens (including phenoxy) is 1. The molecular weight excluding hydrogens is 220 g/mol. The number of rotatable bonds is 6. The molecule has 1 aromatic heterocycles. The maximum Gasteiger partial charge on any atom is 0.149 e. The van der Waals surface area contributed by atoms with Crippen LogP contribution in [0.15, 0.2) is 11.4 Å². The molecule has 0 aromatic carbocycles. The van der Waals surface area contributed by atoms with E-state index in [0.29, 0.717) is 29.2 Å². The summed E-state index contributed by atoms with van der Waals surface area (Å²) in [6, 6.07) is 0. The Morgan fingerprint density at radius 2 is 2.29 bits per heavy atom. The molecule has 1 aromatic rings. The molecule has 0 amide bonds. The Morgan fingerprint density at radius 1 is 1.53 bits per heavy atom. The molecule has 0 unspecified atom stereocenters. The number of nitrogens with zero attached hydrogens (tertiary/aromatic N) is 2. The lowest BCUT2D eigenvalue weighted by Gasteiger charge is -2.13. The first kappa shape index (κ1) is 13.4. The molecule has 17 heavy (non-hydrogen) atoms. The second-order valence-corrected chi connectivity index (χ2v) is 3.72. The molecule has 1 heterocycles. The molecule has 94 valence electrons. The third-order valence-corrected chi connectivity index (χ3v) is 2.43. The average Bonchev–Trinajstić information content (AvgIpc) is 2.33. The summed E-state index contributed by atoms with van der Waals surface area (Å²) < 4.78 is 5.63. The van der Waals surface area contributed by atoms with E-state index in [9.17, 15) is 5.11 Å². The van der Waals surface area contributed by atoms with Crippen LogP contribution in [0.4, 0.5) is 0 Å². The Hall–Kier alpha value is -1.62. The van der Waals surface area contributed by atoms with Crippen molar-refractivity contribution in [1.29, 1.82) is 0 Å². The largest absolute Gasteiger partial charge is 0.491 e. The number of hydrogen-bond acceptors (Lipinski definition) is 5. The fourth-order valence-corrected chi connectivity index (χ4v) is 1.47. The fourth-order valence-electron chi connectivity index (χ4n) is 1.47. The highest BCUT2D eigenvalue weighted by atomic mass is 16.5. The highest BCUT2D eigenvalue weighted by Gasteiger charge is 2.12. The van der Waals surface area contributed by atoms with Crippen LogP contribution >= 0.6 is 0 Å². The van der Waals surface area contributed by atoms with Crippen LogP contribution in [0.25, 0.3) is 0 Å². The Labute approximate surface area is 101 Å². The average molecular weight is 238 g/mol. The van der Waals surface area contributed by atoms with Crippen LogP contribution in [0.5, 0.6) is 5.75 Å². The third-order valence-electron chi connectivity index (χ3n) is 2.43. The van der Waals surface area contributed by atoms with Gasteiger partial charge in [0.05, 0.1) is 25.1 Å². The first-order valence-electron chi connectivity index (χ1n) is 5.64. The van der Waals surface area contributed by atoms with Crippen LogP contribution in [0.2, 0.25) is 0 Å². The van der Waals surface area contributed by atoms with Crippen LogP contribution < -0.4 is 4.74 Å². The lowest BCUT2D eigenvalue weighted by atomic mass is 10.1. The van der Waals surface area contributed by atoms with Gasteiger partial charge in [0, 0.05) is 17.3 Å². The van der Waals surface area contributed by atoms with Gasteiger partial charge in [-0.15, -0.1) is 0 Å². The zero-order chi connectivity index (χ0) is 12.7. The van der Waals surface area contributed by atoms with E-state index in [2.05, 4.69) is 17.1 Å². The van der Waals surface area contributed by atoms with Gasteiger partial charge in [0.15, 0.2) is 0 Å². The van der Waals surface area contributed by atoms with Crippen molar-refractivity contribution in [3.63, 3.8) is 0 Å². The molecule has 5 nitrogen and oxygen atoms in total. The van der Waals surface area contributed by atoms with E-state index in [1.165, 1.54) is 6.21 Å². The molecule has 5 heteroatoms. The SMILES string of the molecule is CCCCOc1c(C)ncc(CO)c1/C=N\O. The fraction of sp³-hybridized carbons (Fsp3) is 0.500. The van der Waals surface area contributed by atoms with E-state index in [1.54, 1.807) is 6.20 Å². The van der Waals surface area contributed by atoms with Crippen LogP contribution in [0.3, 0.4) is 0 Å². The van der Waals surface area contributed by atoms with Gasteiger partial charge in [-0.25, -0.2) is 0 Å². The van der Waals surface area contributed by atoms with Crippen LogP contribution in [0, 0.1) is 6.92 Å². The van der Waals surface area contributed by atoms with E-state index >= 15 is 0 Å². The smallest absolute Gasteiger partial charge is 0.149 e. The van der Waals surface area contributed by atoms with Gasteiger partial charge in [-0.1, -0.05) is 18.5 Å². The van der Waals surface area contributed by atoms with Gasteiger partial charge in [0.1, 0.15) is 5.75 Å². The van der Waals surface area contributed by atoms with Gasteiger partial charge in [-0.3, -0.25) is 4.98 Å². The number of aliphatic hydroxyl groups is 1. The zero-order valence-corrected chi connectivity index (χ0v) is 10.2. The van der Waals surface area contributed by atoms with E-state index in [0.717, 1.165) is 12.8 Å². The number of pyridine rings is 1. The Morgan fingerprint density at radius 3 is 2.88 bits per heavy atom. The molecule has 0 atom stereocenters. The van der Waals surface area contributed by atoms with Crippen molar-refractivity contribution < 1.29 is 15.1 Å². The summed E-state index contributed by atoms with van der Waals surface area (Å²) in [5.74, 6) is 0.572. The summed E-state index contributed by atoms with van der Waals surface area (Å²) in [6.07, 6.45) is 4.80. The summed E-state index contributed by atoms with van der Waals surface area (Å²) in [4.78, 5) is 4.14. The first-order chi connectivity index (χ1) is 8.24. The molecule has 0 aliphatic rings. The predicted molar refractivity (Wildman–Crippen MR) is 64.7 cm³/mol. The van der Waals surface area contributed by atoms with Crippen molar-refractivity contribution in [2.24, 2.45) is 5.16 Å². The number of aliphatic hydroxyl groups excluding tert-OH is 1. The summed E-state index contributed by atoms with van der Waals surface area (Å²) >= 11 is 0. The van der Waals surface area contributed by atoms with Crippen molar-refractivity contribution >= 4 is 6.21 Å². The summed E-state index contributed by atoms with van der Waals surface area (Å²) in [6.45, 7) is 4.31. The third kappa shape index (κ3) is 3.42. The molecule has 0 aliphatic carbocycles. The minimum atomic E-state index is -0.168. The Balaban J connectivity index is 3.05. The molecule has 0 saturated carbocycles. The van der Waals surface area contributed by atoms with Crippen LogP contribution in [0.1, 0.15) is 36.6 Å². The van der Waals surface area contributed by atoms with E-state index in [1.807, 2.05) is 6.92 Å². The topological polar surface area (TPSA) is 74.9 Å². The minimum Gasteiger partial charge on any atom is -0.491 e. The predicted octanol–water partition coefficient (Wildman–Crippen LogP) is 1.87. The highest BCUT2D eigenvalue weighted by Crippen LogP contribution is 2.24. The minimum absolute atomic E-state index is 0.168. The van der Waals surface area contributed by atoms with Crippen molar-refractivity contribution in [2.75, 3.05) is 6.61 Å². The Bertz CT molecular complexity index is 392. The van der Waals surface area contributed by atoms with Gasteiger partial charge < -0.3 is 15.1 Å². The van der Waals surface area contributed by atoms with E-state index in [4.69, 9.17) is 9.94 Å². The van der Waals surface area contributed by atoms with Crippen molar-refractivity contribution in [2.45, 2.75) is 33.3 Å². The molecule has 0 spiro atoms. The van der Waals surface area contributed by atoms with E-state index < -0.39 is 0 Å². The summed E-state index contributed by atoms with van der Waals surface area (Å²) in [5.41, 5.74) is 1.88. The molecule has 2 N–H and O–H groups in total. The quantitative estimate of drug-likeness (QED) is 0.343. The van der Waals surface area contributed by atoms with Gasteiger partial charge >= 0.3 is 0 Å². The number of aryl methyl sites for hydroxylation is 1. The first-order valence-corrected chi connectivity index (χ1v) is 5.64. The number of oxime groups is 1. The second kappa shape index (κ2) is 6.85. The maximum absolute atomic E-state index is 9.19. The lowest BCUT2D eigenvalue weighted by Crippen LogP contribution is -2.06. The molecule has 0 fully saturated rings. The van der Waals surface area contributed by atoms with Gasteiger partial charge in [0.25, 0.3) is 0 Å². The number of hydrogen-bond donors (Lipinski definition) is 2. The van der Waals surface area contributed by atoms with Gasteiger partial charge in [-0.2, -0.15) is 0 Å². The van der Waals surface area contributed by atoms with Gasteiger partial charge in [0.2, 0.25) is 0 Å². The summed E-state index contributed by atoms with van der Waals surface area (Å²) in [5, 5.41) is 20.8. The molecule has 0 radical (unpaired) electrons.